The molecule has 4 rings (SSSR count). The van der Waals surface area contributed by atoms with Crippen molar-refractivity contribution in [1.82, 2.24) is 19.7 Å². The summed E-state index contributed by atoms with van der Waals surface area (Å²) in [7, 11) is 1.62. The fourth-order valence-corrected chi connectivity index (χ4v) is 4.31. The number of hydrogen-bond donors (Lipinski definition) is 3. The summed E-state index contributed by atoms with van der Waals surface area (Å²) in [6.07, 6.45) is 4.31. The van der Waals surface area contributed by atoms with Crippen LogP contribution in [0.4, 0.5) is 5.69 Å². The second kappa shape index (κ2) is 11.0. The van der Waals surface area contributed by atoms with Gasteiger partial charge in [-0.1, -0.05) is 13.0 Å². The van der Waals surface area contributed by atoms with Crippen molar-refractivity contribution >= 4 is 23.2 Å². The quantitative estimate of drug-likeness (QED) is 0.268. The van der Waals surface area contributed by atoms with Gasteiger partial charge in [0.05, 0.1) is 31.5 Å². The number of aromatic nitrogens is 3. The van der Waals surface area contributed by atoms with Crippen molar-refractivity contribution in [1.29, 1.82) is 0 Å². The SMILES string of the molecule is CCc1c(C(=O)OC(C)(C)C)[nH]c(CNc2ccc(OC)cc2)c1C(=O)NCc1cn2cccc(C)c2n1. The van der Waals surface area contributed by atoms with Crippen LogP contribution >= 0.6 is 0 Å². The van der Waals surface area contributed by atoms with E-state index in [1.54, 1.807) is 7.11 Å². The zero-order chi connectivity index (χ0) is 27.4. The number of imidazole rings is 1. The third-order valence-corrected chi connectivity index (χ3v) is 6.08. The van der Waals surface area contributed by atoms with Gasteiger partial charge in [0.25, 0.3) is 5.91 Å². The molecule has 0 unspecified atom stereocenters. The van der Waals surface area contributed by atoms with Crippen LogP contribution in [-0.2, 0) is 24.2 Å². The van der Waals surface area contributed by atoms with Crippen molar-refractivity contribution in [3.63, 3.8) is 0 Å². The normalized spacial score (nSPS) is 11.4. The van der Waals surface area contributed by atoms with Gasteiger partial charge in [0.2, 0.25) is 0 Å². The number of anilines is 1. The van der Waals surface area contributed by atoms with Gasteiger partial charge >= 0.3 is 5.97 Å². The zero-order valence-corrected chi connectivity index (χ0v) is 22.8. The fraction of sp³-hybridized carbons (Fsp3) is 0.345. The smallest absolute Gasteiger partial charge is 0.355 e. The highest BCUT2D eigenvalue weighted by Crippen LogP contribution is 2.25. The van der Waals surface area contributed by atoms with Crippen LogP contribution in [0.3, 0.4) is 0 Å². The van der Waals surface area contributed by atoms with E-state index in [9.17, 15) is 9.59 Å². The average Bonchev–Trinajstić information content (AvgIpc) is 3.47. The number of nitrogens with one attached hydrogen (secondary N) is 3. The van der Waals surface area contributed by atoms with E-state index in [2.05, 4.69) is 20.6 Å². The Morgan fingerprint density at radius 2 is 1.84 bits per heavy atom. The van der Waals surface area contributed by atoms with Crippen LogP contribution in [0.25, 0.3) is 5.65 Å². The summed E-state index contributed by atoms with van der Waals surface area (Å²) in [6.45, 7) is 9.92. The monoisotopic (exact) mass is 517 g/mol. The molecule has 0 aliphatic rings. The number of aromatic amines is 1. The molecule has 0 fully saturated rings. The second-order valence-electron chi connectivity index (χ2n) is 10.1. The summed E-state index contributed by atoms with van der Waals surface area (Å²) < 4.78 is 12.8. The minimum absolute atomic E-state index is 0.251. The highest BCUT2D eigenvalue weighted by molar-refractivity contribution is 6.01. The predicted octanol–water partition coefficient (Wildman–Crippen LogP) is 5.04. The number of carbonyl (C=O) groups is 2. The van der Waals surface area contributed by atoms with Crippen molar-refractivity contribution in [2.75, 3.05) is 12.4 Å². The van der Waals surface area contributed by atoms with Crippen LogP contribution in [-0.4, -0.2) is 39.0 Å². The molecule has 9 nitrogen and oxygen atoms in total. The van der Waals surface area contributed by atoms with E-state index < -0.39 is 11.6 Å². The molecule has 0 spiro atoms. The Morgan fingerprint density at radius 3 is 2.47 bits per heavy atom. The maximum Gasteiger partial charge on any atom is 0.355 e. The molecule has 0 aliphatic carbocycles. The number of benzene rings is 1. The summed E-state index contributed by atoms with van der Waals surface area (Å²) in [5, 5.41) is 6.32. The van der Waals surface area contributed by atoms with E-state index in [4.69, 9.17) is 9.47 Å². The number of ether oxygens (including phenoxy) is 2. The van der Waals surface area contributed by atoms with Crippen LogP contribution in [0.15, 0.2) is 48.8 Å². The lowest BCUT2D eigenvalue weighted by molar-refractivity contribution is 0.00622. The molecule has 200 valence electrons. The topological polar surface area (TPSA) is 110 Å². The largest absolute Gasteiger partial charge is 0.497 e. The van der Waals surface area contributed by atoms with Gasteiger partial charge in [0.1, 0.15) is 22.7 Å². The van der Waals surface area contributed by atoms with Crippen molar-refractivity contribution in [2.45, 2.75) is 59.7 Å². The van der Waals surface area contributed by atoms with Crippen molar-refractivity contribution in [3.8, 4) is 5.75 Å². The summed E-state index contributed by atoms with van der Waals surface area (Å²) in [5.41, 5.74) is 4.78. The molecule has 3 aromatic heterocycles. The molecule has 1 amide bonds. The molecule has 0 bridgehead atoms. The van der Waals surface area contributed by atoms with Crippen LogP contribution < -0.4 is 15.4 Å². The van der Waals surface area contributed by atoms with E-state index in [0.717, 1.165) is 28.3 Å². The molecule has 4 aromatic rings. The van der Waals surface area contributed by atoms with Crippen molar-refractivity contribution in [3.05, 3.63) is 82.6 Å². The molecule has 1 aromatic carbocycles. The first-order valence-electron chi connectivity index (χ1n) is 12.7. The van der Waals surface area contributed by atoms with Gasteiger partial charge < -0.3 is 29.5 Å². The lowest BCUT2D eigenvalue weighted by Crippen LogP contribution is -2.26. The Bertz CT molecular complexity index is 1440. The second-order valence-corrected chi connectivity index (χ2v) is 10.1. The van der Waals surface area contributed by atoms with E-state index >= 15 is 0 Å². The van der Waals surface area contributed by atoms with Gasteiger partial charge in [0, 0.05) is 23.8 Å². The van der Waals surface area contributed by atoms with Gasteiger partial charge in [-0.05, 0) is 75.6 Å². The van der Waals surface area contributed by atoms with Crippen LogP contribution in [0.1, 0.15) is 71.1 Å². The molecular formula is C29H35N5O4. The summed E-state index contributed by atoms with van der Waals surface area (Å²) in [5.74, 6) is -0.0266. The number of rotatable bonds is 9. The number of methoxy groups -OCH3 is 1. The van der Waals surface area contributed by atoms with Gasteiger partial charge in [-0.3, -0.25) is 4.79 Å². The Balaban J connectivity index is 1.61. The van der Waals surface area contributed by atoms with E-state index in [1.807, 2.05) is 87.8 Å². The van der Waals surface area contributed by atoms with Gasteiger partial charge in [-0.15, -0.1) is 0 Å². The molecule has 0 aliphatic heterocycles. The number of amides is 1. The van der Waals surface area contributed by atoms with Crippen molar-refractivity contribution in [2.24, 2.45) is 0 Å². The van der Waals surface area contributed by atoms with Crippen molar-refractivity contribution < 1.29 is 19.1 Å². The van der Waals surface area contributed by atoms with Crippen LogP contribution in [0.2, 0.25) is 0 Å². The molecular weight excluding hydrogens is 482 g/mol. The third kappa shape index (κ3) is 5.99. The number of esters is 1. The van der Waals surface area contributed by atoms with Gasteiger partial charge in [0.15, 0.2) is 0 Å². The number of H-pyrrole nitrogens is 1. The first-order chi connectivity index (χ1) is 18.1. The number of nitrogens with zero attached hydrogens (tertiary/aromatic N) is 2. The van der Waals surface area contributed by atoms with E-state index in [0.29, 0.717) is 35.5 Å². The zero-order valence-electron chi connectivity index (χ0n) is 22.8. The molecule has 0 saturated carbocycles. The summed E-state index contributed by atoms with van der Waals surface area (Å²) >= 11 is 0. The number of fused-ring (bicyclic) bond motifs is 1. The lowest BCUT2D eigenvalue weighted by Gasteiger charge is -2.19. The number of aryl methyl sites for hydroxylation is 1. The minimum Gasteiger partial charge on any atom is -0.497 e. The maximum absolute atomic E-state index is 13.6. The third-order valence-electron chi connectivity index (χ3n) is 6.08. The summed E-state index contributed by atoms with van der Waals surface area (Å²) in [6, 6.07) is 11.4. The number of carbonyl (C=O) groups excluding carboxylic acids is 2. The Kier molecular flexibility index (Phi) is 7.75. The minimum atomic E-state index is -0.668. The van der Waals surface area contributed by atoms with Crippen LogP contribution in [0, 0.1) is 6.92 Å². The highest BCUT2D eigenvalue weighted by Gasteiger charge is 2.28. The van der Waals surface area contributed by atoms with Gasteiger partial charge in [-0.2, -0.15) is 0 Å². The van der Waals surface area contributed by atoms with Crippen LogP contribution in [0.5, 0.6) is 5.75 Å². The predicted molar refractivity (Wildman–Crippen MR) is 147 cm³/mol. The molecule has 3 N–H and O–H groups in total. The molecule has 3 heterocycles. The lowest BCUT2D eigenvalue weighted by atomic mass is 10.0. The number of pyridine rings is 1. The Labute approximate surface area is 222 Å². The maximum atomic E-state index is 13.6. The standard InChI is InChI=1S/C29H35N5O4/c1-7-22-24(27(35)31-15-20-17-34-14-8-9-18(2)26(34)32-20)23(33-25(22)28(36)38-29(3,4)5)16-30-19-10-12-21(37-6)13-11-19/h8-14,17,30,33H,7,15-16H2,1-6H3,(H,31,35). The van der Waals surface area contributed by atoms with E-state index in [-0.39, 0.29) is 12.5 Å². The molecule has 9 heteroatoms. The first-order valence-corrected chi connectivity index (χ1v) is 12.7. The Morgan fingerprint density at radius 1 is 1.11 bits per heavy atom. The van der Waals surface area contributed by atoms with E-state index in [1.165, 1.54) is 0 Å². The number of hydrogen-bond acceptors (Lipinski definition) is 6. The average molecular weight is 518 g/mol. The molecule has 0 saturated heterocycles. The van der Waals surface area contributed by atoms with Gasteiger partial charge in [-0.25, -0.2) is 9.78 Å². The Hall–Kier alpha value is -4.27. The molecule has 0 radical (unpaired) electrons. The molecule has 38 heavy (non-hydrogen) atoms. The highest BCUT2D eigenvalue weighted by atomic mass is 16.6. The fourth-order valence-electron chi connectivity index (χ4n) is 4.31. The first kappa shape index (κ1) is 26.8. The summed E-state index contributed by atoms with van der Waals surface area (Å²) in [4.78, 5) is 34.4. The molecule has 0 atom stereocenters.